The maximum atomic E-state index is 12.0. The van der Waals surface area contributed by atoms with E-state index in [0.29, 0.717) is 5.56 Å². The Morgan fingerprint density at radius 2 is 2.05 bits per heavy atom. The molecule has 4 nitrogen and oxygen atoms in total. The first kappa shape index (κ1) is 15.8. The highest BCUT2D eigenvalue weighted by atomic mass is 32.2. The quantitative estimate of drug-likeness (QED) is 0.658. The van der Waals surface area contributed by atoms with Gasteiger partial charge in [0.2, 0.25) is 5.91 Å². The minimum Gasteiger partial charge on any atom is -0.320 e. The molecule has 19 heavy (non-hydrogen) atoms. The number of imide groups is 1. The minimum absolute atomic E-state index is 0.428. The van der Waals surface area contributed by atoms with Crippen LogP contribution in [0.2, 0.25) is 0 Å². The van der Waals surface area contributed by atoms with E-state index in [1.165, 1.54) is 18.7 Å². The summed E-state index contributed by atoms with van der Waals surface area (Å²) < 4.78 is 0.791. The molecule has 0 heterocycles. The first-order chi connectivity index (χ1) is 8.95. The smallest absolute Gasteiger partial charge is 0.259 e. The van der Waals surface area contributed by atoms with Crippen molar-refractivity contribution in [3.05, 3.63) is 29.8 Å². The number of thiocarbonyl (C=S) groups is 1. The van der Waals surface area contributed by atoms with E-state index in [9.17, 15) is 9.59 Å². The number of carbonyl (C=O) groups is 2. The Hall–Kier alpha value is -1.24. The first-order valence-electron chi connectivity index (χ1n) is 5.86. The fraction of sp³-hybridized carbons (Fsp3) is 0.308. The number of thioether (sulfide) groups is 1. The van der Waals surface area contributed by atoms with Gasteiger partial charge in [-0.25, -0.2) is 0 Å². The number of rotatable bonds is 4. The van der Waals surface area contributed by atoms with E-state index in [0.717, 1.165) is 15.5 Å². The Labute approximate surface area is 122 Å². The van der Waals surface area contributed by atoms with Crippen molar-refractivity contribution in [3.63, 3.8) is 0 Å². The third-order valence-corrected chi connectivity index (χ3v) is 3.93. The molecule has 0 fully saturated rings. The van der Waals surface area contributed by atoms with Gasteiger partial charge in [-0.3, -0.25) is 14.9 Å². The van der Waals surface area contributed by atoms with Gasteiger partial charge >= 0.3 is 0 Å². The van der Waals surface area contributed by atoms with Gasteiger partial charge in [0.15, 0.2) is 0 Å². The van der Waals surface area contributed by atoms with Crippen molar-refractivity contribution in [3.8, 4) is 0 Å². The summed E-state index contributed by atoms with van der Waals surface area (Å²) in [4.78, 5) is 24.2. The molecule has 6 heteroatoms. The summed E-state index contributed by atoms with van der Waals surface area (Å²) in [5, 5.41) is 2.27. The minimum atomic E-state index is -0.722. The number of carbonyl (C=O) groups excluding carboxylic acids is 2. The molecule has 2 amide bonds. The summed E-state index contributed by atoms with van der Waals surface area (Å²) >= 11 is 6.52. The van der Waals surface area contributed by atoms with E-state index in [4.69, 9.17) is 18.0 Å². The molecule has 1 rings (SSSR count). The molecular formula is C13H16N2O2S2. The predicted molar refractivity (Wildman–Crippen MR) is 81.3 cm³/mol. The number of hydrogen-bond donors (Lipinski definition) is 2. The molecule has 0 aliphatic rings. The Morgan fingerprint density at radius 3 is 2.63 bits per heavy atom. The molecule has 0 aliphatic heterocycles. The molecule has 0 saturated carbocycles. The summed E-state index contributed by atoms with van der Waals surface area (Å²) in [6.45, 7) is 3.48. The Morgan fingerprint density at radius 1 is 1.42 bits per heavy atom. The molecule has 0 unspecified atom stereocenters. The van der Waals surface area contributed by atoms with Gasteiger partial charge in [0.05, 0.1) is 15.8 Å². The molecule has 102 valence electrons. The van der Waals surface area contributed by atoms with E-state index in [-0.39, 0.29) is 0 Å². The van der Waals surface area contributed by atoms with Crippen molar-refractivity contribution in [2.45, 2.75) is 31.2 Å². The van der Waals surface area contributed by atoms with Crippen molar-refractivity contribution in [2.24, 2.45) is 5.73 Å². The van der Waals surface area contributed by atoms with Crippen molar-refractivity contribution >= 4 is 40.0 Å². The van der Waals surface area contributed by atoms with Crippen LogP contribution in [-0.4, -0.2) is 22.1 Å². The molecule has 0 aromatic heterocycles. The second-order valence-corrected chi connectivity index (χ2v) is 5.82. The average Bonchev–Trinajstić information content (AvgIpc) is 2.38. The summed E-state index contributed by atoms with van der Waals surface area (Å²) in [5.74, 6) is -0.952. The Bertz CT molecular complexity index is 501. The second kappa shape index (κ2) is 7.37. The zero-order valence-electron chi connectivity index (χ0n) is 10.8. The zero-order chi connectivity index (χ0) is 14.4. The van der Waals surface area contributed by atoms with Crippen LogP contribution in [0.4, 0.5) is 0 Å². The summed E-state index contributed by atoms with van der Waals surface area (Å²) in [6.07, 6.45) is 0.745. The topological polar surface area (TPSA) is 72.2 Å². The monoisotopic (exact) mass is 296 g/mol. The number of nitrogens with one attached hydrogen (secondary N) is 1. The van der Waals surface area contributed by atoms with Crippen LogP contribution in [0.3, 0.4) is 0 Å². The van der Waals surface area contributed by atoms with Gasteiger partial charge in [-0.05, 0) is 25.5 Å². The predicted octanol–water partition coefficient (Wildman–Crippen LogP) is 2.12. The van der Waals surface area contributed by atoms with Crippen LogP contribution in [0, 0.1) is 0 Å². The molecule has 3 N–H and O–H groups in total. The summed E-state index contributed by atoms with van der Waals surface area (Å²) in [5.41, 5.74) is 5.84. The van der Waals surface area contributed by atoms with E-state index in [1.54, 1.807) is 18.2 Å². The van der Waals surface area contributed by atoms with Crippen LogP contribution < -0.4 is 11.1 Å². The molecule has 0 radical (unpaired) electrons. The van der Waals surface area contributed by atoms with Crippen LogP contribution in [0.25, 0.3) is 0 Å². The number of amides is 2. The number of hydrogen-bond acceptors (Lipinski definition) is 5. The maximum Gasteiger partial charge on any atom is 0.259 e. The third kappa shape index (κ3) is 4.74. The lowest BCUT2D eigenvalue weighted by Gasteiger charge is -2.10. The standard InChI is InChI=1S/C13H16N2O2S2/c1-3-11(18)19-10-7-5-4-6-9(10)13(17)15-12(16)8(2)14/h4-8H,3,14H2,1-2H3,(H,15,16,17)/t8-/m1/s1. The van der Waals surface area contributed by atoms with Gasteiger partial charge in [-0.15, -0.1) is 0 Å². The van der Waals surface area contributed by atoms with Gasteiger partial charge < -0.3 is 5.73 Å². The normalized spacial score (nSPS) is 11.7. The van der Waals surface area contributed by atoms with Crippen molar-refractivity contribution in [1.29, 1.82) is 0 Å². The van der Waals surface area contributed by atoms with Crippen LogP contribution in [-0.2, 0) is 4.79 Å². The number of nitrogens with two attached hydrogens (primary N) is 1. The molecule has 1 aromatic rings. The number of benzene rings is 1. The van der Waals surface area contributed by atoms with Crippen molar-refractivity contribution in [1.82, 2.24) is 5.32 Å². The van der Waals surface area contributed by atoms with Gasteiger partial charge in [0, 0.05) is 4.90 Å². The lowest BCUT2D eigenvalue weighted by atomic mass is 10.2. The second-order valence-electron chi connectivity index (χ2n) is 3.93. The fourth-order valence-electron chi connectivity index (χ4n) is 1.23. The Kier molecular flexibility index (Phi) is 6.14. The van der Waals surface area contributed by atoms with Crippen LogP contribution in [0.15, 0.2) is 29.2 Å². The average molecular weight is 296 g/mol. The maximum absolute atomic E-state index is 12.0. The zero-order valence-corrected chi connectivity index (χ0v) is 12.4. The van der Waals surface area contributed by atoms with E-state index in [1.807, 2.05) is 13.0 Å². The Balaban J connectivity index is 2.90. The lowest BCUT2D eigenvalue weighted by molar-refractivity contribution is -0.121. The highest BCUT2D eigenvalue weighted by Crippen LogP contribution is 2.25. The molecule has 1 aromatic carbocycles. The van der Waals surface area contributed by atoms with Gasteiger partial charge in [0.25, 0.3) is 5.91 Å². The van der Waals surface area contributed by atoms with Gasteiger partial charge in [0.1, 0.15) is 0 Å². The SMILES string of the molecule is CCC(=S)Sc1ccccc1C(=O)NC(=O)[C@@H](C)N. The molecule has 0 bridgehead atoms. The molecule has 0 spiro atoms. The van der Waals surface area contributed by atoms with Crippen LogP contribution >= 0.6 is 24.0 Å². The molecule has 0 saturated heterocycles. The first-order valence-corrected chi connectivity index (χ1v) is 7.08. The van der Waals surface area contributed by atoms with E-state index >= 15 is 0 Å². The fourth-order valence-corrected chi connectivity index (χ4v) is 2.31. The summed E-state index contributed by atoms with van der Waals surface area (Å²) in [6, 6.07) is 6.30. The van der Waals surface area contributed by atoms with Gasteiger partial charge in [-0.1, -0.05) is 43.0 Å². The highest BCUT2D eigenvalue weighted by Gasteiger charge is 2.16. The summed E-state index contributed by atoms with van der Waals surface area (Å²) in [7, 11) is 0. The van der Waals surface area contributed by atoms with Crippen LogP contribution in [0.5, 0.6) is 0 Å². The van der Waals surface area contributed by atoms with Crippen LogP contribution in [0.1, 0.15) is 30.6 Å². The molecule has 1 atom stereocenters. The van der Waals surface area contributed by atoms with Gasteiger partial charge in [-0.2, -0.15) is 0 Å². The van der Waals surface area contributed by atoms with E-state index < -0.39 is 17.9 Å². The molecular weight excluding hydrogens is 280 g/mol. The van der Waals surface area contributed by atoms with Crippen molar-refractivity contribution in [2.75, 3.05) is 0 Å². The molecule has 0 aliphatic carbocycles. The van der Waals surface area contributed by atoms with E-state index in [2.05, 4.69) is 5.32 Å². The largest absolute Gasteiger partial charge is 0.320 e. The van der Waals surface area contributed by atoms with Crippen molar-refractivity contribution < 1.29 is 9.59 Å². The third-order valence-electron chi connectivity index (χ3n) is 2.29. The highest BCUT2D eigenvalue weighted by molar-refractivity contribution is 8.23. The lowest BCUT2D eigenvalue weighted by Crippen LogP contribution is -2.41.